The second kappa shape index (κ2) is 7.74. The van der Waals surface area contributed by atoms with E-state index in [2.05, 4.69) is 5.32 Å². The van der Waals surface area contributed by atoms with Gasteiger partial charge in [0.2, 0.25) is 0 Å². The third kappa shape index (κ3) is 5.30. The molecule has 1 aromatic rings. The molecule has 5 nitrogen and oxygen atoms in total. The van der Waals surface area contributed by atoms with Crippen molar-refractivity contribution < 1.29 is 27.8 Å². The normalized spacial score (nSPS) is 20.7. The van der Waals surface area contributed by atoms with Crippen LogP contribution < -0.4 is 10.1 Å². The van der Waals surface area contributed by atoms with Crippen LogP contribution in [-0.2, 0) is 0 Å². The molecule has 1 fully saturated rings. The number of benzene rings is 1. The van der Waals surface area contributed by atoms with E-state index in [0.717, 1.165) is 19.3 Å². The van der Waals surface area contributed by atoms with Gasteiger partial charge in [-0.05, 0) is 25.0 Å². The highest BCUT2D eigenvalue weighted by molar-refractivity contribution is 5.90. The summed E-state index contributed by atoms with van der Waals surface area (Å²) in [6.07, 6.45) is -2.36. The van der Waals surface area contributed by atoms with Crippen molar-refractivity contribution >= 4 is 11.7 Å². The van der Waals surface area contributed by atoms with Gasteiger partial charge in [0.05, 0.1) is 11.8 Å². The van der Waals surface area contributed by atoms with Crippen LogP contribution in [0.2, 0.25) is 0 Å². The topological polar surface area (TPSA) is 61.8 Å². The van der Waals surface area contributed by atoms with Gasteiger partial charge < -0.3 is 20.1 Å². The van der Waals surface area contributed by atoms with Crippen LogP contribution in [0.1, 0.15) is 19.3 Å². The molecule has 0 aromatic heterocycles. The molecule has 0 spiro atoms. The van der Waals surface area contributed by atoms with Crippen LogP contribution in [-0.4, -0.2) is 48.5 Å². The molecule has 2 atom stereocenters. The van der Waals surface area contributed by atoms with Gasteiger partial charge in [-0.1, -0.05) is 18.6 Å². The maximum Gasteiger partial charge on any atom is 0.422 e. The molecule has 0 bridgehead atoms. The van der Waals surface area contributed by atoms with Gasteiger partial charge in [0.25, 0.3) is 0 Å². The first kappa shape index (κ1) is 18.4. The van der Waals surface area contributed by atoms with Crippen molar-refractivity contribution in [2.75, 3.05) is 25.5 Å². The minimum atomic E-state index is -4.45. The monoisotopic (exact) mass is 346 g/mol. The fourth-order valence-corrected chi connectivity index (χ4v) is 2.73. The molecule has 1 saturated carbocycles. The summed E-state index contributed by atoms with van der Waals surface area (Å²) in [5, 5.41) is 12.4. The summed E-state index contributed by atoms with van der Waals surface area (Å²) in [6.45, 7) is -1.04. The van der Waals surface area contributed by atoms with Crippen molar-refractivity contribution in [2.24, 2.45) is 5.92 Å². The van der Waals surface area contributed by atoms with E-state index in [1.807, 2.05) is 0 Å². The van der Waals surface area contributed by atoms with Gasteiger partial charge in [0.15, 0.2) is 6.61 Å². The number of anilines is 1. The van der Waals surface area contributed by atoms with Crippen LogP contribution in [0.4, 0.5) is 23.7 Å². The second-order valence-electron chi connectivity index (χ2n) is 5.97. The highest BCUT2D eigenvalue weighted by Gasteiger charge is 2.29. The van der Waals surface area contributed by atoms with Gasteiger partial charge in [0, 0.05) is 19.5 Å². The van der Waals surface area contributed by atoms with Crippen LogP contribution in [0.15, 0.2) is 24.3 Å². The molecule has 24 heavy (non-hydrogen) atoms. The number of nitrogens with one attached hydrogen (secondary N) is 1. The predicted octanol–water partition coefficient (Wildman–Crippen LogP) is 3.25. The summed E-state index contributed by atoms with van der Waals surface area (Å²) in [6, 6.07) is 5.50. The summed E-state index contributed by atoms with van der Waals surface area (Å²) in [7, 11) is 1.58. The lowest BCUT2D eigenvalue weighted by atomic mass is 10.1. The van der Waals surface area contributed by atoms with E-state index in [0.29, 0.717) is 6.54 Å². The molecule has 8 heteroatoms. The molecule has 2 rings (SSSR count). The first-order valence-electron chi connectivity index (χ1n) is 7.75. The number of aliphatic hydroxyl groups excluding tert-OH is 1. The van der Waals surface area contributed by atoms with Crippen molar-refractivity contribution in [1.82, 2.24) is 4.90 Å². The van der Waals surface area contributed by atoms with E-state index < -0.39 is 24.9 Å². The Labute approximate surface area is 138 Å². The molecule has 0 radical (unpaired) electrons. The third-order valence-corrected chi connectivity index (χ3v) is 3.99. The van der Waals surface area contributed by atoms with Crippen LogP contribution >= 0.6 is 0 Å². The van der Waals surface area contributed by atoms with Gasteiger partial charge >= 0.3 is 12.2 Å². The Bertz CT molecular complexity index is 566. The number of hydrogen-bond acceptors (Lipinski definition) is 3. The van der Waals surface area contributed by atoms with E-state index in [-0.39, 0.29) is 17.4 Å². The molecule has 1 aliphatic carbocycles. The lowest BCUT2D eigenvalue weighted by Crippen LogP contribution is -2.37. The SMILES string of the molecule is CN(CC1CCCC1O)C(=O)Nc1ccccc1OCC(F)(F)F. The van der Waals surface area contributed by atoms with Crippen molar-refractivity contribution in [3.05, 3.63) is 24.3 Å². The number of urea groups is 1. The Kier molecular flexibility index (Phi) is 5.93. The second-order valence-corrected chi connectivity index (χ2v) is 5.97. The molecule has 2 unspecified atom stereocenters. The predicted molar refractivity (Wildman–Crippen MR) is 83.0 cm³/mol. The van der Waals surface area contributed by atoms with Gasteiger partial charge in [-0.25, -0.2) is 4.79 Å². The summed E-state index contributed by atoms with van der Waals surface area (Å²) < 4.78 is 41.6. The number of amides is 2. The Morgan fingerprint density at radius 2 is 2.08 bits per heavy atom. The number of carbonyl (C=O) groups excluding carboxylic acids is 1. The minimum absolute atomic E-state index is 0.0254. The standard InChI is InChI=1S/C16H21F3N2O3/c1-21(9-11-5-4-7-13(11)22)15(23)20-12-6-2-3-8-14(12)24-10-16(17,18)19/h2-3,6,8,11,13,22H,4-5,7,9-10H2,1H3,(H,20,23). The molecule has 0 heterocycles. The number of ether oxygens (including phenoxy) is 1. The number of hydrogen-bond donors (Lipinski definition) is 2. The molecule has 2 amide bonds. The Morgan fingerprint density at radius 1 is 1.38 bits per heavy atom. The van der Waals surface area contributed by atoms with Crippen molar-refractivity contribution in [1.29, 1.82) is 0 Å². The number of nitrogens with zero attached hydrogens (tertiary/aromatic N) is 1. The Morgan fingerprint density at radius 3 is 2.71 bits per heavy atom. The first-order chi connectivity index (χ1) is 11.3. The Hall–Kier alpha value is -1.96. The van der Waals surface area contributed by atoms with Crippen LogP contribution in [0.25, 0.3) is 0 Å². The summed E-state index contributed by atoms with van der Waals surface area (Å²) in [5.74, 6) is -0.0186. The van der Waals surface area contributed by atoms with Crippen LogP contribution in [0.3, 0.4) is 0 Å². The number of rotatable bonds is 5. The molecule has 0 aliphatic heterocycles. The maximum atomic E-state index is 12.3. The van der Waals surface area contributed by atoms with Crippen molar-refractivity contribution in [3.63, 3.8) is 0 Å². The molecule has 0 saturated heterocycles. The Balaban J connectivity index is 1.95. The van der Waals surface area contributed by atoms with E-state index >= 15 is 0 Å². The van der Waals surface area contributed by atoms with E-state index in [4.69, 9.17) is 4.74 Å². The molecular weight excluding hydrogens is 325 g/mol. The fourth-order valence-electron chi connectivity index (χ4n) is 2.73. The molecule has 1 aromatic carbocycles. The van der Waals surface area contributed by atoms with Crippen LogP contribution in [0, 0.1) is 5.92 Å². The molecular formula is C16H21F3N2O3. The van der Waals surface area contributed by atoms with Gasteiger partial charge in [-0.15, -0.1) is 0 Å². The highest BCUT2D eigenvalue weighted by atomic mass is 19.4. The molecule has 2 N–H and O–H groups in total. The smallest absolute Gasteiger partial charge is 0.422 e. The van der Waals surface area contributed by atoms with E-state index in [1.165, 1.54) is 23.1 Å². The lowest BCUT2D eigenvalue weighted by molar-refractivity contribution is -0.153. The summed E-state index contributed by atoms with van der Waals surface area (Å²) in [5.41, 5.74) is 0.172. The average molecular weight is 346 g/mol. The number of carbonyl (C=O) groups is 1. The highest BCUT2D eigenvalue weighted by Crippen LogP contribution is 2.28. The molecule has 134 valence electrons. The zero-order valence-corrected chi connectivity index (χ0v) is 13.3. The third-order valence-electron chi connectivity index (χ3n) is 3.99. The van der Waals surface area contributed by atoms with E-state index in [1.54, 1.807) is 13.1 Å². The van der Waals surface area contributed by atoms with Crippen LogP contribution in [0.5, 0.6) is 5.75 Å². The first-order valence-corrected chi connectivity index (χ1v) is 7.75. The number of alkyl halides is 3. The maximum absolute atomic E-state index is 12.3. The fraction of sp³-hybridized carbons (Fsp3) is 0.562. The zero-order valence-electron chi connectivity index (χ0n) is 13.3. The number of para-hydroxylation sites is 2. The lowest BCUT2D eigenvalue weighted by Gasteiger charge is -2.24. The minimum Gasteiger partial charge on any atom is -0.482 e. The number of halogens is 3. The molecule has 1 aliphatic rings. The van der Waals surface area contributed by atoms with Gasteiger partial charge in [-0.2, -0.15) is 13.2 Å². The largest absolute Gasteiger partial charge is 0.482 e. The van der Waals surface area contributed by atoms with Gasteiger partial charge in [0.1, 0.15) is 5.75 Å². The quantitative estimate of drug-likeness (QED) is 0.860. The zero-order chi connectivity index (χ0) is 17.7. The van der Waals surface area contributed by atoms with Gasteiger partial charge in [-0.3, -0.25) is 0 Å². The van der Waals surface area contributed by atoms with E-state index in [9.17, 15) is 23.1 Å². The van der Waals surface area contributed by atoms with Crippen molar-refractivity contribution in [2.45, 2.75) is 31.5 Å². The number of aliphatic hydroxyl groups is 1. The average Bonchev–Trinajstić information content (AvgIpc) is 2.90. The van der Waals surface area contributed by atoms with Crippen molar-refractivity contribution in [3.8, 4) is 5.75 Å². The summed E-state index contributed by atoms with van der Waals surface area (Å²) in [4.78, 5) is 13.6. The summed E-state index contributed by atoms with van der Waals surface area (Å²) >= 11 is 0.